The van der Waals surface area contributed by atoms with Crippen LogP contribution in [0.3, 0.4) is 0 Å². The summed E-state index contributed by atoms with van der Waals surface area (Å²) in [6.07, 6.45) is 1.54. The number of carbonyl (C=O) groups excluding carboxylic acids is 1. The molecule has 0 heterocycles. The molecule has 0 aliphatic carbocycles. The molecule has 0 aromatic heterocycles. The Bertz CT molecular complexity index is 310. The minimum absolute atomic E-state index is 0.0564. The summed E-state index contributed by atoms with van der Waals surface area (Å²) in [6.45, 7) is 12.7. The first-order chi connectivity index (χ1) is 9.06. The van der Waals surface area contributed by atoms with Crippen molar-refractivity contribution in [3.63, 3.8) is 0 Å². The number of ether oxygens (including phenoxy) is 1. The molecule has 0 fully saturated rings. The lowest BCUT2D eigenvalue weighted by Crippen LogP contribution is -2.36. The number of hydrogen-bond acceptors (Lipinski definition) is 3. The van der Waals surface area contributed by atoms with Gasteiger partial charge in [-0.1, -0.05) is 34.6 Å². The van der Waals surface area contributed by atoms with Crippen molar-refractivity contribution >= 4 is 11.9 Å². The molecule has 0 aromatic rings. The molecule has 0 amide bonds. The van der Waals surface area contributed by atoms with E-state index in [-0.39, 0.29) is 24.4 Å². The SMILES string of the molecule is CC(C)CC(C)(CC(C)C)C(C)OC(=O)CCC(=O)O. The number of hydrogen-bond donors (Lipinski definition) is 1. The molecule has 1 N–H and O–H groups in total. The summed E-state index contributed by atoms with van der Waals surface area (Å²) in [5, 5.41) is 8.59. The molecule has 20 heavy (non-hydrogen) atoms. The summed E-state index contributed by atoms with van der Waals surface area (Å²) in [6, 6.07) is 0. The van der Waals surface area contributed by atoms with Crippen molar-refractivity contribution in [1.29, 1.82) is 0 Å². The Hall–Kier alpha value is -1.06. The molecule has 1 atom stereocenters. The molecule has 0 spiro atoms. The van der Waals surface area contributed by atoms with Crippen LogP contribution in [0, 0.1) is 17.3 Å². The van der Waals surface area contributed by atoms with Gasteiger partial charge in [0.2, 0.25) is 0 Å². The van der Waals surface area contributed by atoms with Crippen molar-refractivity contribution in [2.45, 2.75) is 73.3 Å². The lowest BCUT2D eigenvalue weighted by atomic mass is 9.72. The summed E-state index contributed by atoms with van der Waals surface area (Å²) in [7, 11) is 0. The standard InChI is InChI=1S/C16H30O4/c1-11(2)9-16(6,10-12(3)4)13(5)20-15(19)8-7-14(17)18/h11-13H,7-10H2,1-6H3,(H,17,18). The minimum atomic E-state index is -0.971. The number of carboxylic acids is 1. The van der Waals surface area contributed by atoms with Crippen LogP contribution in [-0.4, -0.2) is 23.1 Å². The van der Waals surface area contributed by atoms with E-state index in [2.05, 4.69) is 34.6 Å². The number of carbonyl (C=O) groups is 2. The number of aliphatic carboxylic acids is 1. The largest absolute Gasteiger partial charge is 0.481 e. The Kier molecular flexibility index (Phi) is 7.84. The Morgan fingerprint density at radius 1 is 1.00 bits per heavy atom. The second-order valence-electron chi connectivity index (χ2n) is 6.88. The Balaban J connectivity index is 4.65. The predicted molar refractivity (Wildman–Crippen MR) is 79.4 cm³/mol. The number of esters is 1. The normalized spacial score (nSPS) is 13.6. The summed E-state index contributed by atoms with van der Waals surface area (Å²) < 4.78 is 5.47. The average molecular weight is 286 g/mol. The highest BCUT2D eigenvalue weighted by molar-refractivity contribution is 5.76. The fraction of sp³-hybridized carbons (Fsp3) is 0.875. The first kappa shape index (κ1) is 18.9. The van der Waals surface area contributed by atoms with Gasteiger partial charge in [-0.2, -0.15) is 0 Å². The van der Waals surface area contributed by atoms with Gasteiger partial charge in [0.05, 0.1) is 12.8 Å². The minimum Gasteiger partial charge on any atom is -0.481 e. The molecule has 4 heteroatoms. The molecule has 4 nitrogen and oxygen atoms in total. The third-order valence-corrected chi connectivity index (χ3v) is 3.58. The van der Waals surface area contributed by atoms with Gasteiger partial charge in [0, 0.05) is 5.41 Å². The molecule has 1 unspecified atom stereocenters. The second kappa shape index (κ2) is 8.28. The van der Waals surface area contributed by atoms with Crippen LogP contribution in [0.25, 0.3) is 0 Å². The van der Waals surface area contributed by atoms with E-state index < -0.39 is 11.9 Å². The topological polar surface area (TPSA) is 63.6 Å². The Labute approximate surface area is 122 Å². The zero-order chi connectivity index (χ0) is 15.9. The summed E-state index contributed by atoms with van der Waals surface area (Å²) in [4.78, 5) is 22.2. The van der Waals surface area contributed by atoms with Crippen LogP contribution < -0.4 is 0 Å². The van der Waals surface area contributed by atoms with E-state index in [0.717, 1.165) is 12.8 Å². The van der Waals surface area contributed by atoms with Gasteiger partial charge in [0.1, 0.15) is 6.10 Å². The quantitative estimate of drug-likeness (QED) is 0.653. The van der Waals surface area contributed by atoms with E-state index in [4.69, 9.17) is 9.84 Å². The van der Waals surface area contributed by atoms with Crippen LogP contribution in [0.4, 0.5) is 0 Å². The van der Waals surface area contributed by atoms with Gasteiger partial charge in [-0.3, -0.25) is 9.59 Å². The predicted octanol–water partition coefficient (Wildman–Crippen LogP) is 3.88. The van der Waals surface area contributed by atoms with Crippen molar-refractivity contribution in [2.24, 2.45) is 17.3 Å². The van der Waals surface area contributed by atoms with Crippen molar-refractivity contribution in [3.05, 3.63) is 0 Å². The molecular weight excluding hydrogens is 256 g/mol. The maximum atomic E-state index is 11.7. The summed E-state index contributed by atoms with van der Waals surface area (Å²) >= 11 is 0. The highest BCUT2D eigenvalue weighted by Crippen LogP contribution is 2.38. The van der Waals surface area contributed by atoms with E-state index in [0.29, 0.717) is 11.8 Å². The van der Waals surface area contributed by atoms with Crippen molar-refractivity contribution in [2.75, 3.05) is 0 Å². The van der Waals surface area contributed by atoms with Crippen molar-refractivity contribution < 1.29 is 19.4 Å². The third-order valence-electron chi connectivity index (χ3n) is 3.58. The number of rotatable bonds is 9. The van der Waals surface area contributed by atoms with Crippen molar-refractivity contribution in [3.8, 4) is 0 Å². The zero-order valence-electron chi connectivity index (χ0n) is 13.7. The maximum Gasteiger partial charge on any atom is 0.306 e. The monoisotopic (exact) mass is 286 g/mol. The molecule has 0 bridgehead atoms. The molecule has 0 rings (SSSR count). The van der Waals surface area contributed by atoms with Crippen LogP contribution in [0.1, 0.15) is 67.2 Å². The van der Waals surface area contributed by atoms with E-state index in [9.17, 15) is 9.59 Å². The molecule has 0 radical (unpaired) electrons. The fourth-order valence-electron chi connectivity index (χ4n) is 2.89. The van der Waals surface area contributed by atoms with Crippen LogP contribution in [-0.2, 0) is 14.3 Å². The molecule has 0 aliphatic rings. The van der Waals surface area contributed by atoms with E-state index in [1.54, 1.807) is 0 Å². The van der Waals surface area contributed by atoms with Gasteiger partial charge in [-0.05, 0) is 31.6 Å². The van der Waals surface area contributed by atoms with Gasteiger partial charge in [0.25, 0.3) is 0 Å². The molecule has 0 saturated carbocycles. The van der Waals surface area contributed by atoms with Crippen LogP contribution in [0.15, 0.2) is 0 Å². The Morgan fingerprint density at radius 2 is 1.45 bits per heavy atom. The average Bonchev–Trinajstić information content (AvgIpc) is 2.23. The van der Waals surface area contributed by atoms with Gasteiger partial charge in [-0.25, -0.2) is 0 Å². The zero-order valence-corrected chi connectivity index (χ0v) is 13.7. The maximum absolute atomic E-state index is 11.7. The fourth-order valence-corrected chi connectivity index (χ4v) is 2.89. The lowest BCUT2D eigenvalue weighted by molar-refractivity contribution is -0.158. The van der Waals surface area contributed by atoms with E-state index >= 15 is 0 Å². The van der Waals surface area contributed by atoms with Gasteiger partial charge in [-0.15, -0.1) is 0 Å². The van der Waals surface area contributed by atoms with E-state index in [1.165, 1.54) is 0 Å². The summed E-state index contributed by atoms with van der Waals surface area (Å²) in [5.41, 5.74) is -0.0682. The summed E-state index contributed by atoms with van der Waals surface area (Å²) in [5.74, 6) is -0.335. The van der Waals surface area contributed by atoms with Crippen LogP contribution >= 0.6 is 0 Å². The van der Waals surface area contributed by atoms with Crippen LogP contribution in [0.5, 0.6) is 0 Å². The molecule has 0 aromatic carbocycles. The number of carboxylic acid groups (broad SMARTS) is 1. The smallest absolute Gasteiger partial charge is 0.306 e. The van der Waals surface area contributed by atoms with Crippen molar-refractivity contribution in [1.82, 2.24) is 0 Å². The molecular formula is C16H30O4. The van der Waals surface area contributed by atoms with Gasteiger partial charge in [0.15, 0.2) is 0 Å². The second-order valence-corrected chi connectivity index (χ2v) is 6.88. The van der Waals surface area contributed by atoms with Gasteiger partial charge >= 0.3 is 11.9 Å². The highest BCUT2D eigenvalue weighted by atomic mass is 16.5. The molecule has 0 saturated heterocycles. The molecule has 0 aliphatic heterocycles. The molecule has 118 valence electrons. The lowest BCUT2D eigenvalue weighted by Gasteiger charge is -2.38. The first-order valence-corrected chi connectivity index (χ1v) is 7.48. The van der Waals surface area contributed by atoms with Crippen LogP contribution in [0.2, 0.25) is 0 Å². The highest BCUT2D eigenvalue weighted by Gasteiger charge is 2.35. The van der Waals surface area contributed by atoms with Gasteiger partial charge < -0.3 is 9.84 Å². The van der Waals surface area contributed by atoms with E-state index in [1.807, 2.05) is 6.92 Å². The Morgan fingerprint density at radius 3 is 1.80 bits per heavy atom. The third kappa shape index (κ3) is 7.51. The first-order valence-electron chi connectivity index (χ1n) is 7.48.